The van der Waals surface area contributed by atoms with Crippen molar-refractivity contribution >= 4 is 38.9 Å². The van der Waals surface area contributed by atoms with Crippen molar-refractivity contribution in [1.29, 1.82) is 0 Å². The van der Waals surface area contributed by atoms with E-state index < -0.39 is 5.41 Å². The summed E-state index contributed by atoms with van der Waals surface area (Å²) in [4.78, 5) is 9.38. The van der Waals surface area contributed by atoms with Crippen molar-refractivity contribution in [2.24, 2.45) is 0 Å². The first kappa shape index (κ1) is 44.2. The standard InChI is InChI=1S/C60H59N4O.Pd/c1-56(2,3)36-29-42-43-30-37(57(4,5)6)32-47(59(10,11)12)54(43)60(53(42)46(31-36)58(7,8)9)44-27-25-39(34-51(44)63-35-62(13)49-22-18-20-45(60)55(49)63)65-38-24-26-41-40-19-14-15-21-48(40)64(50(41)33-38)52-23-16-17-28-61-52;/h14-32,35H,1-13H3;/q-3;. The summed E-state index contributed by atoms with van der Waals surface area (Å²) in [5.41, 5.74) is 17.7. The van der Waals surface area contributed by atoms with Crippen LogP contribution in [-0.2, 0) is 47.5 Å². The predicted octanol–water partition coefficient (Wildman–Crippen LogP) is 15.1. The van der Waals surface area contributed by atoms with Crippen LogP contribution in [0.5, 0.6) is 11.5 Å². The summed E-state index contributed by atoms with van der Waals surface area (Å²) in [5.74, 6) is 2.09. The second kappa shape index (κ2) is 14.7. The molecule has 0 fully saturated rings. The quantitative estimate of drug-likeness (QED) is 0.131. The molecule has 3 aliphatic rings. The van der Waals surface area contributed by atoms with Gasteiger partial charge in [-0.1, -0.05) is 155 Å². The van der Waals surface area contributed by atoms with Crippen LogP contribution in [0.3, 0.4) is 0 Å². The fourth-order valence-electron chi connectivity index (χ4n) is 11.0. The first-order valence-electron chi connectivity index (χ1n) is 23.2. The summed E-state index contributed by atoms with van der Waals surface area (Å²) in [7, 11) is 2.16. The van der Waals surface area contributed by atoms with E-state index in [4.69, 9.17) is 9.72 Å². The summed E-state index contributed by atoms with van der Waals surface area (Å²) < 4.78 is 9.09. The summed E-state index contributed by atoms with van der Waals surface area (Å²) in [6.07, 6.45) is 1.84. The Hall–Kier alpha value is -5.67. The van der Waals surface area contributed by atoms with Crippen molar-refractivity contribution in [3.05, 3.63) is 179 Å². The largest absolute Gasteiger partial charge is 0.509 e. The maximum absolute atomic E-state index is 6.92. The second-order valence-corrected chi connectivity index (χ2v) is 22.7. The molecular formula is C60H59N4OPd-3. The van der Waals surface area contributed by atoms with Crippen LogP contribution in [0.2, 0.25) is 0 Å². The van der Waals surface area contributed by atoms with Gasteiger partial charge in [0.1, 0.15) is 5.82 Å². The molecule has 0 bridgehead atoms. The molecule has 5 nitrogen and oxygen atoms in total. The Labute approximate surface area is 405 Å². The molecule has 0 amide bonds. The van der Waals surface area contributed by atoms with Gasteiger partial charge in [-0.15, -0.1) is 35.2 Å². The number of anilines is 3. The Morgan fingerprint density at radius 1 is 0.591 bits per heavy atom. The van der Waals surface area contributed by atoms with Crippen molar-refractivity contribution in [2.45, 2.75) is 110 Å². The molecule has 1 spiro atoms. The zero-order valence-corrected chi connectivity index (χ0v) is 42.1. The van der Waals surface area contributed by atoms with Crippen LogP contribution in [0.1, 0.15) is 128 Å². The summed E-state index contributed by atoms with van der Waals surface area (Å²) in [5, 5.41) is 2.25. The monoisotopic (exact) mass is 957 g/mol. The molecule has 0 radical (unpaired) electrons. The van der Waals surface area contributed by atoms with Gasteiger partial charge >= 0.3 is 0 Å². The second-order valence-electron chi connectivity index (χ2n) is 22.7. The van der Waals surface area contributed by atoms with E-state index in [0.29, 0.717) is 11.5 Å². The van der Waals surface area contributed by atoms with Crippen LogP contribution < -0.4 is 14.5 Å². The average Bonchev–Trinajstić information content (AvgIpc) is 3.87. The third-order valence-corrected chi connectivity index (χ3v) is 14.2. The predicted molar refractivity (Wildman–Crippen MR) is 270 cm³/mol. The molecule has 2 aliphatic heterocycles. The number of nitrogens with zero attached hydrogens (tertiary/aromatic N) is 4. The summed E-state index contributed by atoms with van der Waals surface area (Å²) in [6, 6.07) is 47.9. The minimum atomic E-state index is -0.664. The molecule has 4 heterocycles. The third-order valence-electron chi connectivity index (χ3n) is 14.2. The number of para-hydroxylation sites is 2. The van der Waals surface area contributed by atoms with Crippen LogP contribution in [-0.4, -0.2) is 16.6 Å². The van der Waals surface area contributed by atoms with Crippen LogP contribution in [0.15, 0.2) is 115 Å². The molecule has 0 unspecified atom stereocenters. The number of benzene rings is 6. The minimum Gasteiger partial charge on any atom is -0.509 e. The summed E-state index contributed by atoms with van der Waals surface area (Å²) >= 11 is 0. The molecule has 1 aliphatic carbocycles. The molecule has 66 heavy (non-hydrogen) atoms. The van der Waals surface area contributed by atoms with Crippen LogP contribution >= 0.6 is 0 Å². The summed E-state index contributed by atoms with van der Waals surface area (Å²) in [6.45, 7) is 30.7. The topological polar surface area (TPSA) is 33.5 Å². The SMILES string of the molecule is CN1[CH-]N2c3[c-]c(Oc4[c-]c5c(cc4)c4ccccc4n5-c4ccccn4)ccc3C3(c4cccc1c42)c1c(cc(C(C)(C)C)cc1C(C)(C)C)-c1cc(C(C)(C)C)cc(C(C)(C)C)c13.[Pd]. The molecule has 11 rings (SSSR count). The number of rotatable bonds is 3. The zero-order valence-electron chi connectivity index (χ0n) is 40.6. The van der Waals surface area contributed by atoms with Crippen molar-refractivity contribution < 1.29 is 25.2 Å². The van der Waals surface area contributed by atoms with Gasteiger partial charge in [-0.2, -0.15) is 18.8 Å². The van der Waals surface area contributed by atoms with E-state index >= 15 is 0 Å². The van der Waals surface area contributed by atoms with Crippen molar-refractivity contribution in [3.63, 3.8) is 0 Å². The molecule has 6 heteroatoms. The smallest absolute Gasteiger partial charge is 0.135 e. The number of fused-ring (bicyclic) bond motifs is 12. The van der Waals surface area contributed by atoms with E-state index in [1.54, 1.807) is 0 Å². The van der Waals surface area contributed by atoms with E-state index in [9.17, 15) is 0 Å². The maximum Gasteiger partial charge on any atom is 0.135 e. The van der Waals surface area contributed by atoms with Crippen molar-refractivity contribution in [2.75, 3.05) is 16.8 Å². The number of ether oxygens (including phenoxy) is 1. The first-order valence-corrected chi connectivity index (χ1v) is 23.2. The van der Waals surface area contributed by atoms with Crippen molar-refractivity contribution in [1.82, 2.24) is 9.55 Å². The van der Waals surface area contributed by atoms with E-state index in [-0.39, 0.29) is 42.1 Å². The van der Waals surface area contributed by atoms with Gasteiger partial charge in [-0.05, 0) is 108 Å². The third kappa shape index (κ3) is 6.38. The minimum absolute atomic E-state index is 0. The molecule has 0 N–H and O–H groups in total. The molecule has 2 aromatic heterocycles. The normalized spacial score (nSPS) is 14.9. The number of hydrogen-bond acceptors (Lipinski definition) is 4. The van der Waals surface area contributed by atoms with Gasteiger partial charge in [-0.25, -0.2) is 4.98 Å². The molecule has 0 saturated heterocycles. The van der Waals surface area contributed by atoms with E-state index in [0.717, 1.165) is 33.3 Å². The Kier molecular flexibility index (Phi) is 9.82. The zero-order chi connectivity index (χ0) is 45.7. The molecule has 338 valence electrons. The Morgan fingerprint density at radius 2 is 1.20 bits per heavy atom. The Balaban J connectivity index is 0.00000511. The van der Waals surface area contributed by atoms with Gasteiger partial charge in [0, 0.05) is 60.4 Å². The van der Waals surface area contributed by atoms with E-state index in [1.807, 2.05) is 30.5 Å². The number of pyridine rings is 1. The molecular weight excluding hydrogens is 899 g/mol. The van der Waals surface area contributed by atoms with Crippen molar-refractivity contribution in [3.8, 4) is 28.4 Å². The number of aromatic nitrogens is 2. The molecule has 0 atom stereocenters. The van der Waals surface area contributed by atoms with Gasteiger partial charge in [0.15, 0.2) is 0 Å². The average molecular weight is 959 g/mol. The van der Waals surface area contributed by atoms with Crippen LogP contribution in [0.4, 0.5) is 17.1 Å². The van der Waals surface area contributed by atoms with Gasteiger partial charge in [-0.3, -0.25) is 0 Å². The fourth-order valence-corrected chi connectivity index (χ4v) is 11.0. The van der Waals surface area contributed by atoms with Gasteiger partial charge in [0.25, 0.3) is 0 Å². The van der Waals surface area contributed by atoms with E-state index in [2.05, 4.69) is 208 Å². The van der Waals surface area contributed by atoms with Crippen LogP contribution in [0.25, 0.3) is 38.8 Å². The first-order chi connectivity index (χ1) is 30.7. The fraction of sp³-hybridized carbons (Fsp3) is 0.300. The van der Waals surface area contributed by atoms with Gasteiger partial charge in [0.2, 0.25) is 0 Å². The molecule has 8 aromatic rings. The van der Waals surface area contributed by atoms with Gasteiger partial charge in [0.05, 0.1) is 0 Å². The Bertz CT molecular complexity index is 3200. The molecule has 0 saturated carbocycles. The Morgan fingerprint density at radius 3 is 1.80 bits per heavy atom. The number of hydrogen-bond donors (Lipinski definition) is 0. The van der Waals surface area contributed by atoms with Crippen LogP contribution in [0, 0.1) is 18.8 Å². The molecule has 6 aromatic carbocycles. The van der Waals surface area contributed by atoms with Gasteiger partial charge < -0.3 is 19.1 Å². The maximum atomic E-state index is 6.92. The van der Waals surface area contributed by atoms with E-state index in [1.165, 1.54) is 67.0 Å².